The third kappa shape index (κ3) is 3.72. The van der Waals surface area contributed by atoms with Gasteiger partial charge in [-0.05, 0) is 54.5 Å². The molecule has 8 heteroatoms. The number of carbonyl (C=O) groups is 4. The summed E-state index contributed by atoms with van der Waals surface area (Å²) in [5, 5.41) is 2.17. The van der Waals surface area contributed by atoms with Crippen LogP contribution in [0.15, 0.2) is 52.5 Å². The van der Waals surface area contributed by atoms with Gasteiger partial charge in [0.15, 0.2) is 0 Å². The molecule has 2 aromatic carbocycles. The molecule has 2 aromatic rings. The van der Waals surface area contributed by atoms with Crippen LogP contribution in [0.5, 0.6) is 0 Å². The monoisotopic (exact) mass is 442 g/mol. The van der Waals surface area contributed by atoms with Crippen LogP contribution in [0.2, 0.25) is 0 Å². The van der Waals surface area contributed by atoms with Crippen molar-refractivity contribution in [1.82, 2.24) is 5.32 Å². The smallest absolute Gasteiger partial charge is 0.337 e. The summed E-state index contributed by atoms with van der Waals surface area (Å²) < 4.78 is 5.47. The molecular formula is C20H15BrN2O5. The van der Waals surface area contributed by atoms with E-state index in [1.54, 1.807) is 30.3 Å². The van der Waals surface area contributed by atoms with E-state index < -0.39 is 23.8 Å². The van der Waals surface area contributed by atoms with Gasteiger partial charge in [0.05, 0.1) is 18.4 Å². The third-order valence-corrected chi connectivity index (χ3v) is 5.03. The molecule has 0 unspecified atom stereocenters. The molecule has 0 bridgehead atoms. The molecule has 1 saturated heterocycles. The summed E-state index contributed by atoms with van der Waals surface area (Å²) in [6.07, 6.45) is 1.36. The fraction of sp³-hybridized carbons (Fsp3) is 0.100. The lowest BCUT2D eigenvalue weighted by molar-refractivity contribution is -0.122. The van der Waals surface area contributed by atoms with Crippen molar-refractivity contribution in [2.45, 2.75) is 6.92 Å². The van der Waals surface area contributed by atoms with Crippen LogP contribution >= 0.6 is 15.9 Å². The van der Waals surface area contributed by atoms with Crippen molar-refractivity contribution in [3.8, 4) is 0 Å². The quantitative estimate of drug-likeness (QED) is 0.447. The van der Waals surface area contributed by atoms with Crippen LogP contribution in [0.3, 0.4) is 0 Å². The molecule has 7 nitrogen and oxygen atoms in total. The number of hydrogen-bond acceptors (Lipinski definition) is 5. The summed E-state index contributed by atoms with van der Waals surface area (Å²) in [5.74, 6) is -2.00. The summed E-state index contributed by atoms with van der Waals surface area (Å²) in [4.78, 5) is 49.7. The SMILES string of the molecule is COC(=O)c1ccc(/C=C2\C(=O)NC(=O)N(c3ccc(Br)c(C)c3)C2=O)cc1. The standard InChI is InChI=1S/C20H15BrN2O5/c1-11-9-14(7-8-16(11)21)23-18(25)15(17(24)22-20(23)27)10-12-3-5-13(6-4-12)19(26)28-2/h3-10H,1-2H3,(H,22,24,27)/b15-10+. The van der Waals surface area contributed by atoms with Crippen molar-refractivity contribution in [3.05, 3.63) is 69.2 Å². The minimum atomic E-state index is -0.810. The molecule has 0 atom stereocenters. The van der Waals surface area contributed by atoms with Gasteiger partial charge in [0.2, 0.25) is 0 Å². The van der Waals surface area contributed by atoms with E-state index in [1.165, 1.54) is 25.3 Å². The van der Waals surface area contributed by atoms with Crippen LogP contribution < -0.4 is 10.2 Å². The first-order valence-corrected chi connectivity index (χ1v) is 8.97. The van der Waals surface area contributed by atoms with E-state index in [0.717, 1.165) is 14.9 Å². The lowest BCUT2D eigenvalue weighted by atomic mass is 10.1. The highest BCUT2D eigenvalue weighted by molar-refractivity contribution is 9.10. The molecule has 0 spiro atoms. The maximum absolute atomic E-state index is 12.9. The van der Waals surface area contributed by atoms with E-state index >= 15 is 0 Å². The van der Waals surface area contributed by atoms with Gasteiger partial charge < -0.3 is 4.74 Å². The predicted molar refractivity (Wildman–Crippen MR) is 106 cm³/mol. The van der Waals surface area contributed by atoms with Crippen LogP contribution in [0.4, 0.5) is 10.5 Å². The number of halogens is 1. The van der Waals surface area contributed by atoms with Gasteiger partial charge >= 0.3 is 12.0 Å². The minimum Gasteiger partial charge on any atom is -0.465 e. The topological polar surface area (TPSA) is 92.8 Å². The molecule has 142 valence electrons. The molecule has 1 heterocycles. The van der Waals surface area contributed by atoms with Gasteiger partial charge in [-0.2, -0.15) is 0 Å². The molecule has 1 aliphatic heterocycles. The molecule has 0 aliphatic carbocycles. The van der Waals surface area contributed by atoms with Crippen LogP contribution in [0.25, 0.3) is 6.08 Å². The zero-order valence-corrected chi connectivity index (χ0v) is 16.6. The first kappa shape index (κ1) is 19.5. The highest BCUT2D eigenvalue weighted by Crippen LogP contribution is 2.26. The highest BCUT2D eigenvalue weighted by Gasteiger charge is 2.36. The van der Waals surface area contributed by atoms with Crippen molar-refractivity contribution in [1.29, 1.82) is 0 Å². The first-order valence-electron chi connectivity index (χ1n) is 8.18. The van der Waals surface area contributed by atoms with E-state index in [4.69, 9.17) is 0 Å². The molecule has 1 aliphatic rings. The summed E-state index contributed by atoms with van der Waals surface area (Å²) in [6.45, 7) is 1.82. The Morgan fingerprint density at radius 1 is 1.11 bits per heavy atom. The maximum Gasteiger partial charge on any atom is 0.337 e. The Kier molecular flexibility index (Phi) is 5.41. The number of urea groups is 1. The average molecular weight is 443 g/mol. The van der Waals surface area contributed by atoms with E-state index in [0.29, 0.717) is 16.8 Å². The van der Waals surface area contributed by atoms with Gasteiger partial charge in [-0.15, -0.1) is 0 Å². The maximum atomic E-state index is 12.9. The second-order valence-corrected chi connectivity index (χ2v) is 6.86. The Balaban J connectivity index is 1.96. The van der Waals surface area contributed by atoms with E-state index in [-0.39, 0.29) is 5.57 Å². The number of esters is 1. The Morgan fingerprint density at radius 3 is 2.39 bits per heavy atom. The van der Waals surface area contributed by atoms with Crippen LogP contribution in [0, 0.1) is 6.92 Å². The number of hydrogen-bond donors (Lipinski definition) is 1. The molecular weight excluding hydrogens is 428 g/mol. The number of nitrogens with zero attached hydrogens (tertiary/aromatic N) is 1. The van der Waals surface area contributed by atoms with Crippen LogP contribution in [0.1, 0.15) is 21.5 Å². The fourth-order valence-electron chi connectivity index (χ4n) is 2.66. The molecule has 3 rings (SSSR count). The van der Waals surface area contributed by atoms with Crippen molar-refractivity contribution < 1.29 is 23.9 Å². The summed E-state index contributed by atoms with van der Waals surface area (Å²) >= 11 is 3.37. The lowest BCUT2D eigenvalue weighted by Gasteiger charge is -2.26. The summed E-state index contributed by atoms with van der Waals surface area (Å²) in [6, 6.07) is 10.4. The van der Waals surface area contributed by atoms with Gasteiger partial charge in [0, 0.05) is 4.47 Å². The molecule has 4 amide bonds. The van der Waals surface area contributed by atoms with Crippen molar-refractivity contribution in [2.75, 3.05) is 12.0 Å². The Morgan fingerprint density at radius 2 is 1.79 bits per heavy atom. The number of nitrogens with one attached hydrogen (secondary N) is 1. The average Bonchev–Trinajstić information content (AvgIpc) is 2.67. The van der Waals surface area contributed by atoms with Gasteiger partial charge in [0.25, 0.3) is 11.8 Å². The Labute approximate surface area is 169 Å². The highest BCUT2D eigenvalue weighted by atomic mass is 79.9. The number of anilines is 1. The second kappa shape index (κ2) is 7.77. The molecule has 0 radical (unpaired) electrons. The number of carbonyl (C=O) groups excluding carboxylic acids is 4. The predicted octanol–water partition coefficient (Wildman–Crippen LogP) is 3.21. The van der Waals surface area contributed by atoms with Gasteiger partial charge in [-0.1, -0.05) is 28.1 Å². The largest absolute Gasteiger partial charge is 0.465 e. The number of imide groups is 2. The van der Waals surface area contributed by atoms with Crippen LogP contribution in [-0.4, -0.2) is 30.9 Å². The number of aryl methyl sites for hydroxylation is 1. The number of amides is 4. The molecule has 1 N–H and O–H groups in total. The van der Waals surface area contributed by atoms with Crippen molar-refractivity contribution in [2.24, 2.45) is 0 Å². The number of ether oxygens (including phenoxy) is 1. The van der Waals surface area contributed by atoms with Gasteiger partial charge in [0.1, 0.15) is 5.57 Å². The fourth-order valence-corrected chi connectivity index (χ4v) is 2.91. The number of barbiturate groups is 1. The Bertz CT molecular complexity index is 1030. The zero-order valence-electron chi connectivity index (χ0n) is 15.0. The van der Waals surface area contributed by atoms with E-state index in [9.17, 15) is 19.2 Å². The van der Waals surface area contributed by atoms with Crippen molar-refractivity contribution in [3.63, 3.8) is 0 Å². The first-order chi connectivity index (χ1) is 13.3. The normalized spacial score (nSPS) is 15.6. The van der Waals surface area contributed by atoms with Crippen molar-refractivity contribution >= 4 is 51.5 Å². The molecule has 0 saturated carbocycles. The second-order valence-electron chi connectivity index (χ2n) is 6.00. The Hall–Kier alpha value is -3.26. The number of methoxy groups -OCH3 is 1. The third-order valence-electron chi connectivity index (χ3n) is 4.14. The van der Waals surface area contributed by atoms with E-state index in [1.807, 2.05) is 6.92 Å². The van der Waals surface area contributed by atoms with E-state index in [2.05, 4.69) is 26.0 Å². The molecule has 0 aromatic heterocycles. The summed E-state index contributed by atoms with van der Waals surface area (Å²) in [7, 11) is 1.28. The number of rotatable bonds is 3. The minimum absolute atomic E-state index is 0.189. The molecule has 28 heavy (non-hydrogen) atoms. The summed E-state index contributed by atoms with van der Waals surface area (Å²) in [5.41, 5.74) is 1.85. The van der Waals surface area contributed by atoms with Gasteiger partial charge in [-0.3, -0.25) is 14.9 Å². The van der Waals surface area contributed by atoms with Crippen LogP contribution in [-0.2, 0) is 14.3 Å². The molecule has 1 fully saturated rings. The lowest BCUT2D eigenvalue weighted by Crippen LogP contribution is -2.54. The van der Waals surface area contributed by atoms with Gasteiger partial charge in [-0.25, -0.2) is 14.5 Å². The zero-order chi connectivity index (χ0) is 20.4. The number of benzene rings is 2.